The Morgan fingerprint density at radius 1 is 1.24 bits per heavy atom. The first-order chi connectivity index (χ1) is 8.15. The minimum Gasteiger partial charge on any atom is -0.300 e. The summed E-state index contributed by atoms with van der Waals surface area (Å²) in [6, 6.07) is 5.61. The van der Waals surface area contributed by atoms with Crippen molar-refractivity contribution in [1.82, 2.24) is 0 Å². The molecule has 0 bridgehead atoms. The molecule has 1 unspecified atom stereocenters. The Bertz CT molecular complexity index is 415. The van der Waals surface area contributed by atoms with Crippen LogP contribution in [0.2, 0.25) is 10.0 Å². The van der Waals surface area contributed by atoms with Gasteiger partial charge >= 0.3 is 0 Å². The largest absolute Gasteiger partial charge is 0.300 e. The van der Waals surface area contributed by atoms with Gasteiger partial charge in [-0.3, -0.25) is 4.79 Å². The molecule has 0 heterocycles. The van der Waals surface area contributed by atoms with E-state index in [4.69, 9.17) is 23.2 Å². The highest BCUT2D eigenvalue weighted by Gasteiger charge is 2.18. The zero-order valence-corrected chi connectivity index (χ0v) is 11.2. The van der Waals surface area contributed by atoms with Crippen LogP contribution in [0.5, 0.6) is 0 Å². The quantitative estimate of drug-likeness (QED) is 0.713. The van der Waals surface area contributed by atoms with Gasteiger partial charge in [0.2, 0.25) is 0 Å². The number of Topliss-reactive ketones (excluding diaryl/α,β-unsaturated/α-hetero) is 1. The van der Waals surface area contributed by atoms with Gasteiger partial charge in [-0.05, 0) is 42.9 Å². The first kappa shape index (κ1) is 12.9. The lowest BCUT2D eigenvalue weighted by atomic mass is 9.92. The molecule has 0 spiro atoms. The van der Waals surface area contributed by atoms with Gasteiger partial charge in [0, 0.05) is 22.9 Å². The number of carbonyl (C=O) groups is 1. The molecule has 1 aliphatic carbocycles. The minimum atomic E-state index is 0.401. The highest BCUT2D eigenvalue weighted by Crippen LogP contribution is 2.28. The van der Waals surface area contributed by atoms with E-state index >= 15 is 0 Å². The summed E-state index contributed by atoms with van der Waals surface area (Å²) in [7, 11) is 0. The van der Waals surface area contributed by atoms with Gasteiger partial charge in [-0.2, -0.15) is 0 Å². The van der Waals surface area contributed by atoms with Gasteiger partial charge in [-0.15, -0.1) is 0 Å². The van der Waals surface area contributed by atoms with E-state index < -0.39 is 0 Å². The lowest BCUT2D eigenvalue weighted by Crippen LogP contribution is -2.08. The Hall–Kier alpha value is -0.530. The van der Waals surface area contributed by atoms with Crippen molar-refractivity contribution in [2.75, 3.05) is 0 Å². The van der Waals surface area contributed by atoms with Crippen molar-refractivity contribution >= 4 is 29.0 Å². The van der Waals surface area contributed by atoms with Crippen molar-refractivity contribution in [1.29, 1.82) is 0 Å². The fraction of sp³-hybridized carbons (Fsp3) is 0.500. The maximum atomic E-state index is 11.6. The Kier molecular flexibility index (Phi) is 4.47. The van der Waals surface area contributed by atoms with Crippen LogP contribution in [0, 0.1) is 5.92 Å². The van der Waals surface area contributed by atoms with Crippen LogP contribution in [0.3, 0.4) is 0 Å². The number of rotatable bonds is 2. The van der Waals surface area contributed by atoms with Crippen LogP contribution in [-0.2, 0) is 11.2 Å². The van der Waals surface area contributed by atoms with Crippen LogP contribution in [0.25, 0.3) is 0 Å². The average Bonchev–Trinajstić information content (AvgIpc) is 2.47. The van der Waals surface area contributed by atoms with Crippen LogP contribution < -0.4 is 0 Å². The Labute approximate surface area is 112 Å². The lowest BCUT2D eigenvalue weighted by Gasteiger charge is -2.14. The van der Waals surface area contributed by atoms with Crippen molar-refractivity contribution < 1.29 is 4.79 Å². The summed E-state index contributed by atoms with van der Waals surface area (Å²) in [5.41, 5.74) is 1.11. The molecule has 0 amide bonds. The van der Waals surface area contributed by atoms with Crippen molar-refractivity contribution in [3.8, 4) is 0 Å². The molecule has 0 aromatic heterocycles. The van der Waals surface area contributed by atoms with Crippen LogP contribution in [0.4, 0.5) is 0 Å². The molecule has 92 valence electrons. The topological polar surface area (TPSA) is 17.1 Å². The summed E-state index contributed by atoms with van der Waals surface area (Å²) in [6.07, 6.45) is 5.68. The molecular formula is C14H16Cl2O. The predicted octanol–water partition coefficient (Wildman–Crippen LogP) is 4.69. The molecule has 3 heteroatoms. The second-order valence-electron chi connectivity index (χ2n) is 4.79. The van der Waals surface area contributed by atoms with Gasteiger partial charge in [-0.1, -0.05) is 35.7 Å². The third-order valence-electron chi connectivity index (χ3n) is 3.36. The van der Waals surface area contributed by atoms with Crippen LogP contribution in [-0.4, -0.2) is 5.78 Å². The van der Waals surface area contributed by atoms with Crippen LogP contribution >= 0.6 is 23.2 Å². The van der Waals surface area contributed by atoms with E-state index in [0.717, 1.165) is 37.7 Å². The SMILES string of the molecule is O=C1CCCCC(Cc2ccc(Cl)cc2Cl)C1. The molecule has 1 aromatic rings. The molecule has 0 radical (unpaired) electrons. The van der Waals surface area contributed by atoms with E-state index in [1.165, 1.54) is 0 Å². The van der Waals surface area contributed by atoms with E-state index in [9.17, 15) is 4.79 Å². The number of carbonyl (C=O) groups excluding carboxylic acids is 1. The fourth-order valence-corrected chi connectivity index (χ4v) is 2.94. The number of benzene rings is 1. The molecule has 0 saturated heterocycles. The smallest absolute Gasteiger partial charge is 0.133 e. The molecule has 1 nitrogen and oxygen atoms in total. The summed E-state index contributed by atoms with van der Waals surface area (Å²) in [5.74, 6) is 0.848. The first-order valence-electron chi connectivity index (χ1n) is 6.11. The second-order valence-corrected chi connectivity index (χ2v) is 5.64. The van der Waals surface area contributed by atoms with E-state index in [0.29, 0.717) is 28.2 Å². The molecule has 0 aliphatic heterocycles. The standard InChI is InChI=1S/C14H16Cl2O/c15-12-6-5-11(14(16)9-12)7-10-3-1-2-4-13(17)8-10/h5-6,9-10H,1-4,7-8H2. The fourth-order valence-electron chi connectivity index (χ4n) is 2.45. The summed E-state index contributed by atoms with van der Waals surface area (Å²) in [5, 5.41) is 1.38. The minimum absolute atomic E-state index is 0.401. The highest BCUT2D eigenvalue weighted by molar-refractivity contribution is 6.35. The maximum absolute atomic E-state index is 11.6. The average molecular weight is 271 g/mol. The zero-order valence-electron chi connectivity index (χ0n) is 9.72. The lowest BCUT2D eigenvalue weighted by molar-refractivity contribution is -0.119. The monoisotopic (exact) mass is 270 g/mol. The first-order valence-corrected chi connectivity index (χ1v) is 6.86. The molecule has 1 atom stereocenters. The van der Waals surface area contributed by atoms with E-state index in [-0.39, 0.29) is 0 Å². The number of halogens is 2. The van der Waals surface area contributed by atoms with Gasteiger partial charge in [0.05, 0.1) is 0 Å². The Balaban J connectivity index is 2.06. The van der Waals surface area contributed by atoms with Crippen LogP contribution in [0.1, 0.15) is 37.7 Å². The van der Waals surface area contributed by atoms with Gasteiger partial charge in [0.1, 0.15) is 5.78 Å². The summed E-state index contributed by atoms with van der Waals surface area (Å²) in [6.45, 7) is 0. The summed E-state index contributed by atoms with van der Waals surface area (Å²) >= 11 is 12.0. The van der Waals surface area contributed by atoms with E-state index in [1.54, 1.807) is 6.07 Å². The molecule has 17 heavy (non-hydrogen) atoms. The van der Waals surface area contributed by atoms with E-state index in [2.05, 4.69) is 0 Å². The Morgan fingerprint density at radius 3 is 2.82 bits per heavy atom. The van der Waals surface area contributed by atoms with Crippen molar-refractivity contribution in [3.63, 3.8) is 0 Å². The summed E-state index contributed by atoms with van der Waals surface area (Å²) in [4.78, 5) is 11.6. The van der Waals surface area contributed by atoms with Crippen molar-refractivity contribution in [3.05, 3.63) is 33.8 Å². The van der Waals surface area contributed by atoms with Gasteiger partial charge in [0.15, 0.2) is 0 Å². The van der Waals surface area contributed by atoms with Gasteiger partial charge < -0.3 is 0 Å². The molecule has 1 saturated carbocycles. The third-order valence-corrected chi connectivity index (χ3v) is 3.94. The molecule has 2 rings (SSSR count). The number of hydrogen-bond acceptors (Lipinski definition) is 1. The van der Waals surface area contributed by atoms with Crippen molar-refractivity contribution in [2.45, 2.75) is 38.5 Å². The van der Waals surface area contributed by atoms with Crippen molar-refractivity contribution in [2.24, 2.45) is 5.92 Å². The molecular weight excluding hydrogens is 255 g/mol. The normalized spacial score (nSPS) is 21.3. The zero-order chi connectivity index (χ0) is 12.3. The van der Waals surface area contributed by atoms with E-state index in [1.807, 2.05) is 12.1 Å². The number of hydrogen-bond donors (Lipinski definition) is 0. The molecule has 1 aromatic carbocycles. The number of ketones is 1. The second kappa shape index (κ2) is 5.88. The van der Waals surface area contributed by atoms with Gasteiger partial charge in [0.25, 0.3) is 0 Å². The van der Waals surface area contributed by atoms with Crippen LogP contribution in [0.15, 0.2) is 18.2 Å². The third kappa shape index (κ3) is 3.72. The molecule has 0 N–H and O–H groups in total. The predicted molar refractivity (Wildman–Crippen MR) is 71.7 cm³/mol. The van der Waals surface area contributed by atoms with Gasteiger partial charge in [-0.25, -0.2) is 0 Å². The molecule has 1 fully saturated rings. The Morgan fingerprint density at radius 2 is 2.06 bits per heavy atom. The highest BCUT2D eigenvalue weighted by atomic mass is 35.5. The maximum Gasteiger partial charge on any atom is 0.133 e. The summed E-state index contributed by atoms with van der Waals surface area (Å²) < 4.78 is 0. The molecule has 1 aliphatic rings.